The molecule has 1 N–H and O–H groups in total. The van der Waals surface area contributed by atoms with Gasteiger partial charge in [-0.25, -0.2) is 19.4 Å². The molecule has 0 atom stereocenters. The Kier molecular flexibility index (Phi) is 4.72. The topological polar surface area (TPSA) is 125 Å². The van der Waals surface area contributed by atoms with Gasteiger partial charge < -0.3 is 9.47 Å². The highest BCUT2D eigenvalue weighted by molar-refractivity contribution is 8.00. The molecule has 2 aromatic heterocycles. The van der Waals surface area contributed by atoms with Crippen LogP contribution < -0.4 is 15.2 Å². The number of aromatic nitrogens is 4. The van der Waals surface area contributed by atoms with Gasteiger partial charge in [-0.05, 0) is 23.1 Å². The normalized spacial score (nSPS) is 10.6. The first kappa shape index (κ1) is 17.0. The third-order valence-electron chi connectivity index (χ3n) is 3.07. The number of H-pyrrole nitrogens is 1. The number of nitro groups is 1. The van der Waals surface area contributed by atoms with Gasteiger partial charge in [0.15, 0.2) is 4.34 Å². The van der Waals surface area contributed by atoms with Gasteiger partial charge in [0.05, 0.1) is 24.8 Å². The van der Waals surface area contributed by atoms with Gasteiger partial charge in [0.1, 0.15) is 17.7 Å². The number of hydrogen-bond acceptors (Lipinski definition) is 9. The first-order valence-electron chi connectivity index (χ1n) is 6.70. The van der Waals surface area contributed by atoms with Gasteiger partial charge in [-0.1, -0.05) is 0 Å². The first-order valence-corrected chi connectivity index (χ1v) is 8.34. The number of rotatable bonds is 6. The summed E-state index contributed by atoms with van der Waals surface area (Å²) in [6.45, 7) is 0. The Labute approximate surface area is 148 Å². The van der Waals surface area contributed by atoms with E-state index in [0.717, 1.165) is 29.3 Å². The molecule has 0 aliphatic rings. The van der Waals surface area contributed by atoms with Crippen LogP contribution in [0.1, 0.15) is 0 Å². The Morgan fingerprint density at radius 3 is 2.52 bits per heavy atom. The van der Waals surface area contributed by atoms with Gasteiger partial charge in [-0.15, -0.1) is 5.10 Å². The summed E-state index contributed by atoms with van der Waals surface area (Å²) in [5.74, 6) is 1.01. The lowest BCUT2D eigenvalue weighted by Gasteiger charge is -2.09. The fraction of sp³-hybridized carbons (Fsp3) is 0.154. The SMILES string of the molecule is COc1cc(OC)cc(-n2c(Sc3ncc([N+](=O)[O-])s3)n[nH]c2=O)c1. The summed E-state index contributed by atoms with van der Waals surface area (Å²) in [7, 11) is 3.00. The molecule has 130 valence electrons. The minimum atomic E-state index is -0.522. The summed E-state index contributed by atoms with van der Waals surface area (Å²) in [4.78, 5) is 26.4. The summed E-state index contributed by atoms with van der Waals surface area (Å²) in [6.07, 6.45) is 1.16. The molecular weight excluding hydrogens is 370 g/mol. The van der Waals surface area contributed by atoms with E-state index in [1.807, 2.05) is 0 Å². The number of thiazole rings is 1. The summed E-state index contributed by atoms with van der Waals surface area (Å²) in [6, 6.07) is 4.97. The Bertz CT molecular complexity index is 957. The van der Waals surface area contributed by atoms with Crippen LogP contribution in [-0.2, 0) is 0 Å². The molecule has 0 aliphatic carbocycles. The number of nitrogens with one attached hydrogen (secondary N) is 1. The van der Waals surface area contributed by atoms with E-state index in [0.29, 0.717) is 21.5 Å². The van der Waals surface area contributed by atoms with Crippen LogP contribution in [0.15, 0.2) is 38.7 Å². The number of nitrogens with zero attached hydrogens (tertiary/aromatic N) is 4. The number of aromatic amines is 1. The number of methoxy groups -OCH3 is 2. The third kappa shape index (κ3) is 3.49. The monoisotopic (exact) mass is 381 g/mol. The maximum absolute atomic E-state index is 12.2. The van der Waals surface area contributed by atoms with Crippen molar-refractivity contribution in [2.75, 3.05) is 14.2 Å². The summed E-state index contributed by atoms with van der Waals surface area (Å²) >= 11 is 1.94. The zero-order chi connectivity index (χ0) is 18.0. The molecule has 0 saturated heterocycles. The number of benzene rings is 1. The molecule has 3 aromatic rings. The molecule has 25 heavy (non-hydrogen) atoms. The second kappa shape index (κ2) is 6.94. The average molecular weight is 381 g/mol. The smallest absolute Gasteiger partial charge is 0.348 e. The minimum absolute atomic E-state index is 0.0880. The van der Waals surface area contributed by atoms with Crippen LogP contribution in [0.5, 0.6) is 11.5 Å². The van der Waals surface area contributed by atoms with E-state index in [1.165, 1.54) is 18.8 Å². The summed E-state index contributed by atoms with van der Waals surface area (Å²) in [5.41, 5.74) is 0.00682. The standard InChI is InChI=1S/C13H11N5O5S2/c1-22-8-3-7(4-9(5-8)23-2)17-11(19)15-16-12(17)25-13-14-6-10(24-13)18(20)21/h3-6H,1-2H3,(H,15,19). The predicted octanol–water partition coefficient (Wildman–Crippen LogP) is 2.09. The summed E-state index contributed by atoms with van der Waals surface area (Å²) in [5, 5.41) is 17.3. The van der Waals surface area contributed by atoms with E-state index in [-0.39, 0.29) is 10.2 Å². The minimum Gasteiger partial charge on any atom is -0.497 e. The maximum atomic E-state index is 12.2. The van der Waals surface area contributed by atoms with Gasteiger partial charge >= 0.3 is 10.7 Å². The summed E-state index contributed by atoms with van der Waals surface area (Å²) < 4.78 is 12.1. The largest absolute Gasteiger partial charge is 0.497 e. The van der Waals surface area contributed by atoms with E-state index >= 15 is 0 Å². The molecule has 0 fully saturated rings. The lowest BCUT2D eigenvalue weighted by Crippen LogP contribution is -2.15. The van der Waals surface area contributed by atoms with Crippen LogP contribution in [0.2, 0.25) is 0 Å². The van der Waals surface area contributed by atoms with Crippen LogP contribution in [0, 0.1) is 10.1 Å². The molecule has 1 aromatic carbocycles. The van der Waals surface area contributed by atoms with Crippen LogP contribution in [-0.4, -0.2) is 38.9 Å². The van der Waals surface area contributed by atoms with Gasteiger partial charge in [0, 0.05) is 18.2 Å². The van der Waals surface area contributed by atoms with Crippen molar-refractivity contribution in [1.82, 2.24) is 19.7 Å². The highest BCUT2D eigenvalue weighted by atomic mass is 32.2. The van der Waals surface area contributed by atoms with Crippen molar-refractivity contribution in [3.8, 4) is 17.2 Å². The molecule has 2 heterocycles. The van der Waals surface area contributed by atoms with Gasteiger partial charge in [0.2, 0.25) is 5.16 Å². The molecule has 10 nitrogen and oxygen atoms in total. The second-order valence-electron chi connectivity index (χ2n) is 4.54. The Morgan fingerprint density at radius 1 is 1.28 bits per heavy atom. The van der Waals surface area contributed by atoms with Crippen LogP contribution in [0.4, 0.5) is 5.00 Å². The zero-order valence-electron chi connectivity index (χ0n) is 13.0. The molecule has 0 spiro atoms. The Balaban J connectivity index is 2.02. The molecule has 0 amide bonds. The molecule has 12 heteroatoms. The van der Waals surface area contributed by atoms with Gasteiger partial charge in [0.25, 0.3) is 0 Å². The molecule has 3 rings (SSSR count). The molecule has 0 aliphatic heterocycles. The van der Waals surface area contributed by atoms with E-state index in [1.54, 1.807) is 18.2 Å². The highest BCUT2D eigenvalue weighted by Gasteiger charge is 2.18. The van der Waals surface area contributed by atoms with E-state index in [2.05, 4.69) is 15.2 Å². The predicted molar refractivity (Wildman–Crippen MR) is 90.2 cm³/mol. The quantitative estimate of drug-likeness (QED) is 0.508. The fourth-order valence-electron chi connectivity index (χ4n) is 1.96. The number of ether oxygens (including phenoxy) is 2. The lowest BCUT2D eigenvalue weighted by atomic mass is 10.3. The third-order valence-corrected chi connectivity index (χ3v) is 5.05. The van der Waals surface area contributed by atoms with Crippen molar-refractivity contribution in [1.29, 1.82) is 0 Å². The second-order valence-corrected chi connectivity index (χ2v) is 6.76. The van der Waals surface area contributed by atoms with Gasteiger partial charge in [-0.3, -0.25) is 10.1 Å². The highest BCUT2D eigenvalue weighted by Crippen LogP contribution is 2.34. The average Bonchev–Trinajstić information content (AvgIpc) is 3.21. The van der Waals surface area contributed by atoms with E-state index in [9.17, 15) is 14.9 Å². The van der Waals surface area contributed by atoms with Gasteiger partial charge in [-0.2, -0.15) is 0 Å². The molecule has 0 bridgehead atoms. The van der Waals surface area contributed by atoms with Crippen molar-refractivity contribution in [3.63, 3.8) is 0 Å². The van der Waals surface area contributed by atoms with Crippen molar-refractivity contribution < 1.29 is 14.4 Å². The van der Waals surface area contributed by atoms with Crippen molar-refractivity contribution in [2.24, 2.45) is 0 Å². The first-order chi connectivity index (χ1) is 12.0. The van der Waals surface area contributed by atoms with E-state index in [4.69, 9.17) is 9.47 Å². The maximum Gasteiger partial charge on any atom is 0.348 e. The Morgan fingerprint density at radius 2 is 1.96 bits per heavy atom. The van der Waals surface area contributed by atoms with Crippen LogP contribution in [0.3, 0.4) is 0 Å². The zero-order valence-corrected chi connectivity index (χ0v) is 14.6. The molecule has 0 saturated carbocycles. The Hall–Kier alpha value is -2.86. The molecular formula is C13H11N5O5S2. The van der Waals surface area contributed by atoms with Crippen molar-refractivity contribution in [3.05, 3.63) is 45.0 Å². The van der Waals surface area contributed by atoms with Crippen molar-refractivity contribution in [2.45, 2.75) is 9.50 Å². The lowest BCUT2D eigenvalue weighted by molar-refractivity contribution is -0.380. The van der Waals surface area contributed by atoms with Crippen molar-refractivity contribution >= 4 is 28.1 Å². The number of hydrogen-bond donors (Lipinski definition) is 1. The molecule has 0 radical (unpaired) electrons. The van der Waals surface area contributed by atoms with Crippen LogP contribution in [0.25, 0.3) is 5.69 Å². The van der Waals surface area contributed by atoms with E-state index < -0.39 is 10.6 Å². The molecule has 0 unspecified atom stereocenters. The van der Waals surface area contributed by atoms with Crippen LogP contribution >= 0.6 is 23.1 Å². The fourth-order valence-corrected chi connectivity index (χ4v) is 3.70.